The Labute approximate surface area is 172 Å². The highest BCUT2D eigenvalue weighted by molar-refractivity contribution is 5.75. The Hall–Kier alpha value is -1.92. The van der Waals surface area contributed by atoms with E-state index in [2.05, 4.69) is 22.3 Å². The van der Waals surface area contributed by atoms with Crippen LogP contribution in [-0.2, 0) is 16.1 Å². The Morgan fingerprint density at radius 3 is 2.31 bits per heavy atom. The van der Waals surface area contributed by atoms with Crippen molar-refractivity contribution in [2.45, 2.75) is 57.2 Å². The molecule has 0 radical (unpaired) electrons. The van der Waals surface area contributed by atoms with Gasteiger partial charge in [0.1, 0.15) is 12.1 Å². The summed E-state index contributed by atoms with van der Waals surface area (Å²) in [6.07, 6.45) is 7.06. The summed E-state index contributed by atoms with van der Waals surface area (Å²) in [6, 6.07) is 9.67. The molecule has 2 saturated carbocycles. The van der Waals surface area contributed by atoms with Gasteiger partial charge in [0, 0.05) is 13.1 Å². The lowest BCUT2D eigenvalue weighted by atomic mass is 9.94. The normalized spacial score (nSPS) is 35.6. The predicted octanol–water partition coefficient (Wildman–Crippen LogP) is 2.83. The summed E-state index contributed by atoms with van der Waals surface area (Å²) in [6.45, 7) is 2.64. The molecule has 4 aliphatic rings. The van der Waals surface area contributed by atoms with Crippen molar-refractivity contribution in [3.63, 3.8) is 0 Å². The topological polar surface area (TPSA) is 89.9 Å². The fraction of sp³-hybridized carbons (Fsp3) is 0.652. The maximum Gasteiger partial charge on any atom is 0.321 e. The lowest BCUT2D eigenvalue weighted by Gasteiger charge is -2.24. The second-order valence-corrected chi connectivity index (χ2v) is 9.13. The van der Waals surface area contributed by atoms with Crippen LogP contribution in [0.1, 0.15) is 44.1 Å². The summed E-state index contributed by atoms with van der Waals surface area (Å²) in [4.78, 5) is 24.3. The van der Waals surface area contributed by atoms with E-state index in [1.807, 2.05) is 18.2 Å². The van der Waals surface area contributed by atoms with Gasteiger partial charge in [0.25, 0.3) is 0 Å². The number of likely N-dealkylation sites (tertiary alicyclic amines) is 1. The van der Waals surface area contributed by atoms with Gasteiger partial charge in [-0.15, -0.1) is 0 Å². The molecule has 3 N–H and O–H groups in total. The number of carboxylic acid groups (broad SMARTS) is 2. The number of carbonyl (C=O) groups is 2. The van der Waals surface area contributed by atoms with E-state index >= 15 is 0 Å². The van der Waals surface area contributed by atoms with Crippen LogP contribution in [0.25, 0.3) is 0 Å². The Morgan fingerprint density at radius 2 is 1.62 bits per heavy atom. The molecule has 158 valence electrons. The van der Waals surface area contributed by atoms with Gasteiger partial charge in [-0.25, -0.2) is 0 Å². The highest BCUT2D eigenvalue weighted by Gasteiger charge is 2.47. The molecule has 2 saturated heterocycles. The molecule has 2 aliphatic heterocycles. The standard InChI is InChI=1S/C15H19NO2.C8H13NO2/c17-15(18)14-13-8-4-7-12(13)10-16(14)9-11-5-2-1-3-6-11;10-8(11)7-6-3-1-2-5(6)4-9-7/h1-3,5-6,12-14H,4,7-10H2,(H,17,18);5-7,9H,1-4H2,(H,10,11)/t12-,13-,14-;5-,6-,7-/m00/s1. The number of hydrogen-bond donors (Lipinski definition) is 3. The molecule has 1 aromatic rings. The molecule has 0 bridgehead atoms. The Bertz CT molecular complexity index is 725. The average molecular weight is 401 g/mol. The molecule has 0 amide bonds. The minimum absolute atomic E-state index is 0.248. The second kappa shape index (κ2) is 8.84. The quantitative estimate of drug-likeness (QED) is 0.720. The summed E-state index contributed by atoms with van der Waals surface area (Å²) in [5, 5.41) is 21.3. The predicted molar refractivity (Wildman–Crippen MR) is 109 cm³/mol. The summed E-state index contributed by atoms with van der Waals surface area (Å²) in [7, 11) is 0. The Kier molecular flexibility index (Phi) is 6.20. The van der Waals surface area contributed by atoms with Gasteiger partial charge in [0.15, 0.2) is 0 Å². The lowest BCUT2D eigenvalue weighted by molar-refractivity contribution is -0.144. The third-order valence-corrected chi connectivity index (χ3v) is 7.48. The molecular weight excluding hydrogens is 368 g/mol. The third-order valence-electron chi connectivity index (χ3n) is 7.48. The number of rotatable bonds is 4. The van der Waals surface area contributed by atoms with Crippen LogP contribution in [0, 0.1) is 23.7 Å². The van der Waals surface area contributed by atoms with Crippen molar-refractivity contribution in [2.24, 2.45) is 23.7 Å². The van der Waals surface area contributed by atoms with Crippen molar-refractivity contribution in [3.05, 3.63) is 35.9 Å². The minimum atomic E-state index is -0.667. The lowest BCUT2D eigenvalue weighted by Crippen LogP contribution is -2.39. The number of hydrogen-bond acceptors (Lipinski definition) is 4. The number of benzene rings is 1. The molecule has 29 heavy (non-hydrogen) atoms. The monoisotopic (exact) mass is 400 g/mol. The van der Waals surface area contributed by atoms with Gasteiger partial charge in [0.2, 0.25) is 0 Å². The first-order chi connectivity index (χ1) is 14.0. The number of fused-ring (bicyclic) bond motifs is 2. The molecule has 6 atom stereocenters. The van der Waals surface area contributed by atoms with Gasteiger partial charge in [-0.05, 0) is 61.5 Å². The van der Waals surface area contributed by atoms with Gasteiger partial charge in [-0.1, -0.05) is 43.2 Å². The van der Waals surface area contributed by atoms with Gasteiger partial charge in [-0.3, -0.25) is 14.5 Å². The van der Waals surface area contributed by atoms with Gasteiger partial charge in [-0.2, -0.15) is 0 Å². The SMILES string of the molecule is O=C(O)[C@@H]1[C@H]2CCC[C@H]2CN1Cc1ccccc1.O=C(O)[C@H]1NC[C@@H]2CCC[C@@H]21. The zero-order valence-corrected chi connectivity index (χ0v) is 16.9. The first-order valence-corrected chi connectivity index (χ1v) is 11.0. The number of nitrogens with one attached hydrogen (secondary N) is 1. The first kappa shape index (κ1) is 20.4. The summed E-state index contributed by atoms with van der Waals surface area (Å²) in [5.41, 5.74) is 1.21. The van der Waals surface area contributed by atoms with E-state index in [0.29, 0.717) is 23.7 Å². The van der Waals surface area contributed by atoms with Crippen LogP contribution in [0.15, 0.2) is 30.3 Å². The molecule has 2 aliphatic carbocycles. The van der Waals surface area contributed by atoms with Crippen LogP contribution >= 0.6 is 0 Å². The number of nitrogens with zero attached hydrogens (tertiary/aromatic N) is 1. The molecule has 0 unspecified atom stereocenters. The highest BCUT2D eigenvalue weighted by Crippen LogP contribution is 2.42. The maximum atomic E-state index is 11.5. The van der Waals surface area contributed by atoms with Crippen molar-refractivity contribution in [1.29, 1.82) is 0 Å². The zero-order chi connectivity index (χ0) is 20.4. The van der Waals surface area contributed by atoms with E-state index < -0.39 is 11.9 Å². The molecule has 6 heteroatoms. The molecule has 2 heterocycles. The Morgan fingerprint density at radius 1 is 0.931 bits per heavy atom. The van der Waals surface area contributed by atoms with Crippen LogP contribution in [-0.4, -0.2) is 52.2 Å². The van der Waals surface area contributed by atoms with Gasteiger partial charge < -0.3 is 15.5 Å². The van der Waals surface area contributed by atoms with Gasteiger partial charge >= 0.3 is 11.9 Å². The van der Waals surface area contributed by atoms with Crippen molar-refractivity contribution < 1.29 is 19.8 Å². The van der Waals surface area contributed by atoms with E-state index in [1.54, 1.807) is 0 Å². The average Bonchev–Trinajstić information content (AvgIpc) is 3.43. The van der Waals surface area contributed by atoms with Gasteiger partial charge in [0.05, 0.1) is 0 Å². The molecule has 0 spiro atoms. The van der Waals surface area contributed by atoms with Crippen LogP contribution < -0.4 is 5.32 Å². The summed E-state index contributed by atoms with van der Waals surface area (Å²) >= 11 is 0. The van der Waals surface area contributed by atoms with Crippen molar-refractivity contribution in [1.82, 2.24) is 10.2 Å². The molecule has 4 fully saturated rings. The fourth-order valence-electron chi connectivity index (χ4n) is 6.17. The zero-order valence-electron chi connectivity index (χ0n) is 16.9. The van der Waals surface area contributed by atoms with E-state index in [9.17, 15) is 14.7 Å². The molecule has 1 aromatic carbocycles. The summed E-state index contributed by atoms with van der Waals surface area (Å²) < 4.78 is 0. The minimum Gasteiger partial charge on any atom is -0.480 e. The second-order valence-electron chi connectivity index (χ2n) is 9.13. The molecular formula is C23H32N2O4. The van der Waals surface area contributed by atoms with Crippen LogP contribution in [0.3, 0.4) is 0 Å². The van der Waals surface area contributed by atoms with E-state index in [-0.39, 0.29) is 12.1 Å². The van der Waals surface area contributed by atoms with E-state index in [0.717, 1.165) is 32.5 Å². The highest BCUT2D eigenvalue weighted by atomic mass is 16.4. The Balaban J connectivity index is 0.000000159. The van der Waals surface area contributed by atoms with Crippen LogP contribution in [0.2, 0.25) is 0 Å². The molecule has 5 rings (SSSR count). The molecule has 6 nitrogen and oxygen atoms in total. The van der Waals surface area contributed by atoms with Crippen LogP contribution in [0.4, 0.5) is 0 Å². The first-order valence-electron chi connectivity index (χ1n) is 11.0. The third kappa shape index (κ3) is 4.33. The van der Waals surface area contributed by atoms with E-state index in [1.165, 1.54) is 31.2 Å². The smallest absolute Gasteiger partial charge is 0.321 e. The van der Waals surface area contributed by atoms with Crippen molar-refractivity contribution >= 4 is 11.9 Å². The van der Waals surface area contributed by atoms with Crippen molar-refractivity contribution in [2.75, 3.05) is 13.1 Å². The number of carboxylic acids is 2. The number of aliphatic carboxylic acids is 2. The fourth-order valence-corrected chi connectivity index (χ4v) is 6.17. The maximum absolute atomic E-state index is 11.5. The summed E-state index contributed by atoms with van der Waals surface area (Å²) in [5.74, 6) is 0.754. The van der Waals surface area contributed by atoms with Crippen LogP contribution in [0.5, 0.6) is 0 Å². The molecule has 0 aromatic heterocycles. The van der Waals surface area contributed by atoms with E-state index in [4.69, 9.17) is 5.11 Å². The largest absolute Gasteiger partial charge is 0.480 e. The van der Waals surface area contributed by atoms with Crippen molar-refractivity contribution in [3.8, 4) is 0 Å².